The maximum atomic E-state index is 13.0. The number of nitrogens with one attached hydrogen (secondary N) is 1. The molecule has 11 heteroatoms. The summed E-state index contributed by atoms with van der Waals surface area (Å²) in [6.45, 7) is 2.78. The minimum absolute atomic E-state index is 0.0107. The van der Waals surface area contributed by atoms with Crippen LogP contribution in [0.25, 0.3) is 5.69 Å². The van der Waals surface area contributed by atoms with E-state index in [2.05, 4.69) is 10.4 Å². The van der Waals surface area contributed by atoms with Crippen LogP contribution in [0.2, 0.25) is 5.02 Å². The first-order chi connectivity index (χ1) is 16.8. The third-order valence-electron chi connectivity index (χ3n) is 6.64. The van der Waals surface area contributed by atoms with Gasteiger partial charge >= 0.3 is 5.69 Å². The largest absolute Gasteiger partial charge is 0.389 e. The summed E-state index contributed by atoms with van der Waals surface area (Å²) >= 11 is 6.28. The van der Waals surface area contributed by atoms with Crippen LogP contribution in [0.1, 0.15) is 54.7 Å². The average Bonchev–Trinajstić information content (AvgIpc) is 2.99. The summed E-state index contributed by atoms with van der Waals surface area (Å²) in [6, 6.07) is 4.59. The third kappa shape index (κ3) is 6.31. The molecule has 2 fully saturated rings. The fourth-order valence-electron chi connectivity index (χ4n) is 4.47. The number of hydrogen-bond donors (Lipinski definition) is 3. The minimum atomic E-state index is -0.959. The third-order valence-corrected chi connectivity index (χ3v) is 6.97. The topological polar surface area (TPSA) is 128 Å². The Morgan fingerprint density at radius 1 is 1.26 bits per heavy atom. The second-order valence-electron chi connectivity index (χ2n) is 9.33. The lowest BCUT2D eigenvalue weighted by atomic mass is 9.98. The molecule has 3 N–H and O–H groups in total. The van der Waals surface area contributed by atoms with E-state index < -0.39 is 23.9 Å². The molecular weight excluding hydrogens is 476 g/mol. The molecule has 1 aliphatic heterocycles. The lowest BCUT2D eigenvalue weighted by Gasteiger charge is -2.27. The highest BCUT2D eigenvalue weighted by molar-refractivity contribution is 6.33. The van der Waals surface area contributed by atoms with Crippen LogP contribution in [-0.2, 0) is 16.0 Å². The van der Waals surface area contributed by atoms with Gasteiger partial charge in [0, 0.05) is 5.92 Å². The molecular formula is C24H33ClN4O6. The SMILES string of the molecule is Cc1nn(-c2ccc(Cl)c(C(=O)NC(O)C3CCCCCC3)c2)c(=O)n1CC(O)COC1COC1. The van der Waals surface area contributed by atoms with Gasteiger partial charge in [-0.2, -0.15) is 9.78 Å². The number of aromatic nitrogens is 3. The Labute approximate surface area is 208 Å². The average molecular weight is 509 g/mol. The van der Waals surface area contributed by atoms with E-state index in [4.69, 9.17) is 21.1 Å². The quantitative estimate of drug-likeness (QED) is 0.348. The summed E-state index contributed by atoms with van der Waals surface area (Å²) in [5, 5.41) is 28.1. The van der Waals surface area contributed by atoms with Gasteiger partial charge in [0.2, 0.25) is 0 Å². The van der Waals surface area contributed by atoms with Crippen molar-refractivity contribution in [3.8, 4) is 5.69 Å². The van der Waals surface area contributed by atoms with Gasteiger partial charge < -0.3 is 25.0 Å². The van der Waals surface area contributed by atoms with E-state index in [-0.39, 0.29) is 35.8 Å². The number of carbonyl (C=O) groups excluding carboxylic acids is 1. The molecule has 1 aliphatic carbocycles. The first-order valence-electron chi connectivity index (χ1n) is 12.2. The number of ether oxygens (including phenoxy) is 2. The summed E-state index contributed by atoms with van der Waals surface area (Å²) in [7, 11) is 0. The van der Waals surface area contributed by atoms with Crippen LogP contribution in [0.15, 0.2) is 23.0 Å². The fourth-order valence-corrected chi connectivity index (χ4v) is 4.67. The Morgan fingerprint density at radius 2 is 1.97 bits per heavy atom. The molecule has 10 nitrogen and oxygen atoms in total. The molecule has 0 spiro atoms. The number of aryl methyl sites for hydroxylation is 1. The second-order valence-corrected chi connectivity index (χ2v) is 9.74. The van der Waals surface area contributed by atoms with Crippen LogP contribution in [0.3, 0.4) is 0 Å². The number of amides is 1. The zero-order valence-corrected chi connectivity index (χ0v) is 20.6. The summed E-state index contributed by atoms with van der Waals surface area (Å²) < 4.78 is 13.1. The van der Waals surface area contributed by atoms with E-state index in [1.165, 1.54) is 16.7 Å². The van der Waals surface area contributed by atoms with Gasteiger partial charge in [-0.1, -0.05) is 37.3 Å². The number of carbonyl (C=O) groups is 1. The second kappa shape index (κ2) is 11.7. The highest BCUT2D eigenvalue weighted by Gasteiger charge is 2.25. The van der Waals surface area contributed by atoms with Gasteiger partial charge in [0.25, 0.3) is 5.91 Å². The van der Waals surface area contributed by atoms with E-state index >= 15 is 0 Å². The van der Waals surface area contributed by atoms with E-state index in [0.29, 0.717) is 24.7 Å². The van der Waals surface area contributed by atoms with Crippen molar-refractivity contribution in [3.63, 3.8) is 0 Å². The predicted molar refractivity (Wildman–Crippen MR) is 129 cm³/mol. The molecule has 1 saturated heterocycles. The number of halogens is 1. The van der Waals surface area contributed by atoms with Gasteiger partial charge in [-0.3, -0.25) is 9.36 Å². The van der Waals surface area contributed by atoms with Crippen LogP contribution >= 0.6 is 11.6 Å². The molecule has 2 aromatic rings. The number of aliphatic hydroxyl groups excluding tert-OH is 2. The normalized spacial score (nSPS) is 19.1. The first-order valence-corrected chi connectivity index (χ1v) is 12.5. The lowest BCUT2D eigenvalue weighted by Crippen LogP contribution is -2.40. The van der Waals surface area contributed by atoms with Crippen molar-refractivity contribution >= 4 is 17.5 Å². The summed E-state index contributed by atoms with van der Waals surface area (Å²) in [6.07, 6.45) is 4.23. The monoisotopic (exact) mass is 508 g/mol. The maximum absolute atomic E-state index is 13.0. The van der Waals surface area contributed by atoms with Crippen molar-refractivity contribution in [2.24, 2.45) is 5.92 Å². The van der Waals surface area contributed by atoms with E-state index in [9.17, 15) is 19.8 Å². The Morgan fingerprint density at radius 3 is 2.63 bits per heavy atom. The van der Waals surface area contributed by atoms with Crippen molar-refractivity contribution in [1.82, 2.24) is 19.7 Å². The number of aliphatic hydroxyl groups is 2. The van der Waals surface area contributed by atoms with E-state index in [1.54, 1.807) is 13.0 Å². The van der Waals surface area contributed by atoms with Gasteiger partial charge in [-0.25, -0.2) is 4.79 Å². The zero-order valence-electron chi connectivity index (χ0n) is 19.9. The van der Waals surface area contributed by atoms with E-state index in [0.717, 1.165) is 43.2 Å². The van der Waals surface area contributed by atoms with Crippen molar-refractivity contribution < 1.29 is 24.5 Å². The lowest BCUT2D eigenvalue weighted by molar-refractivity contribution is -0.144. The summed E-state index contributed by atoms with van der Waals surface area (Å²) in [4.78, 5) is 26.0. The molecule has 1 saturated carbocycles. The molecule has 2 heterocycles. The standard InChI is InChI=1S/C24H33ClN4O6/c1-15-27-29(24(33)28(15)11-18(30)12-35-19-13-34-14-19)17-8-9-21(25)20(10-17)23(32)26-22(31)16-6-4-2-3-5-7-16/h8-10,16,18-19,22,30-31H,2-7,11-14H2,1H3,(H,26,32). The van der Waals surface area contributed by atoms with Crippen molar-refractivity contribution in [3.05, 3.63) is 45.1 Å². The number of hydrogen-bond acceptors (Lipinski definition) is 7. The first kappa shape index (κ1) is 25.8. The Hall–Kier alpha value is -2.24. The number of benzene rings is 1. The molecule has 2 unspecified atom stereocenters. The molecule has 0 radical (unpaired) electrons. The molecule has 2 aliphatic rings. The number of rotatable bonds is 9. The van der Waals surface area contributed by atoms with Gasteiger partial charge in [-0.15, -0.1) is 0 Å². The van der Waals surface area contributed by atoms with Crippen LogP contribution in [0.4, 0.5) is 0 Å². The van der Waals surface area contributed by atoms with Crippen LogP contribution in [0, 0.1) is 12.8 Å². The molecule has 192 valence electrons. The summed E-state index contributed by atoms with van der Waals surface area (Å²) in [5.74, 6) is -0.0901. The Bertz CT molecular complexity index is 1070. The van der Waals surface area contributed by atoms with Gasteiger partial charge in [0.05, 0.1) is 48.7 Å². The number of nitrogens with zero attached hydrogens (tertiary/aromatic N) is 3. The molecule has 2 atom stereocenters. The van der Waals surface area contributed by atoms with E-state index in [1.807, 2.05) is 0 Å². The maximum Gasteiger partial charge on any atom is 0.350 e. The molecule has 1 amide bonds. The Kier molecular flexibility index (Phi) is 8.61. The van der Waals surface area contributed by atoms with Gasteiger partial charge in [-0.05, 0) is 38.0 Å². The van der Waals surface area contributed by atoms with Crippen LogP contribution in [0.5, 0.6) is 0 Å². The zero-order chi connectivity index (χ0) is 24.9. The minimum Gasteiger partial charge on any atom is -0.389 e. The summed E-state index contributed by atoms with van der Waals surface area (Å²) in [5.41, 5.74) is 0.0421. The Balaban J connectivity index is 1.47. The van der Waals surface area contributed by atoms with Crippen molar-refractivity contribution in [2.45, 2.75) is 70.4 Å². The fraction of sp³-hybridized carbons (Fsp3) is 0.625. The molecule has 0 bridgehead atoms. The van der Waals surface area contributed by atoms with Crippen molar-refractivity contribution in [2.75, 3.05) is 19.8 Å². The highest BCUT2D eigenvalue weighted by Crippen LogP contribution is 2.25. The molecule has 4 rings (SSSR count). The van der Waals surface area contributed by atoms with Gasteiger partial charge in [0.1, 0.15) is 18.2 Å². The van der Waals surface area contributed by atoms with Crippen LogP contribution < -0.4 is 11.0 Å². The molecule has 35 heavy (non-hydrogen) atoms. The smallest absolute Gasteiger partial charge is 0.350 e. The highest BCUT2D eigenvalue weighted by atomic mass is 35.5. The van der Waals surface area contributed by atoms with Crippen molar-refractivity contribution in [1.29, 1.82) is 0 Å². The predicted octanol–water partition coefficient (Wildman–Crippen LogP) is 1.79. The molecule has 1 aromatic carbocycles. The van der Waals surface area contributed by atoms with Gasteiger partial charge in [0.15, 0.2) is 0 Å². The molecule has 1 aromatic heterocycles. The van der Waals surface area contributed by atoms with Crippen LogP contribution in [-0.4, -0.2) is 68.7 Å².